The summed E-state index contributed by atoms with van der Waals surface area (Å²) in [4.78, 5) is 4.26. The van der Waals surface area contributed by atoms with Crippen LogP contribution in [-0.2, 0) is 0 Å². The average Bonchev–Trinajstić information content (AvgIpc) is 2.99. The van der Waals surface area contributed by atoms with Crippen molar-refractivity contribution < 1.29 is 0 Å². The summed E-state index contributed by atoms with van der Waals surface area (Å²) in [5.74, 6) is 5.20. The van der Waals surface area contributed by atoms with Crippen molar-refractivity contribution in [1.29, 1.82) is 0 Å². The summed E-state index contributed by atoms with van der Waals surface area (Å²) in [7, 11) is 1.85. The van der Waals surface area contributed by atoms with Crippen LogP contribution in [-0.4, -0.2) is 38.1 Å². The maximum absolute atomic E-state index is 4.26. The van der Waals surface area contributed by atoms with E-state index in [2.05, 4.69) is 21.9 Å². The van der Waals surface area contributed by atoms with Crippen molar-refractivity contribution >= 4 is 41.7 Å². The Labute approximate surface area is 139 Å². The van der Waals surface area contributed by atoms with Gasteiger partial charge in [0.05, 0.1) is 0 Å². The van der Waals surface area contributed by atoms with Crippen LogP contribution in [0, 0.1) is 17.8 Å². The number of halogens is 1. The van der Waals surface area contributed by atoms with E-state index in [1.54, 1.807) is 0 Å². The molecule has 2 saturated carbocycles. The molecule has 3 atom stereocenters. The Balaban J connectivity index is 0.00000180. The smallest absolute Gasteiger partial charge is 0.191 e. The molecule has 5 heteroatoms. The van der Waals surface area contributed by atoms with Crippen LogP contribution in [0.4, 0.5) is 0 Å². The normalized spacial score (nSPS) is 29.2. The van der Waals surface area contributed by atoms with Gasteiger partial charge >= 0.3 is 0 Å². The van der Waals surface area contributed by atoms with Crippen LogP contribution in [0.5, 0.6) is 0 Å². The molecule has 0 aromatic heterocycles. The lowest BCUT2D eigenvalue weighted by molar-refractivity contribution is 0.315. The highest BCUT2D eigenvalue weighted by Crippen LogP contribution is 2.49. The monoisotopic (exact) mass is 397 g/mol. The zero-order valence-electron chi connectivity index (χ0n) is 12.2. The molecule has 0 aromatic rings. The first-order valence-electron chi connectivity index (χ1n) is 7.27. The number of nitrogens with zero attached hydrogens (tertiary/aromatic N) is 1. The fraction of sp³-hybridized carbons (Fsp3) is 0.929. The van der Waals surface area contributed by atoms with Gasteiger partial charge < -0.3 is 10.6 Å². The molecule has 2 fully saturated rings. The predicted molar refractivity (Wildman–Crippen MR) is 96.7 cm³/mol. The second kappa shape index (κ2) is 9.32. The zero-order valence-corrected chi connectivity index (χ0v) is 15.3. The van der Waals surface area contributed by atoms with Gasteiger partial charge in [0.1, 0.15) is 0 Å². The van der Waals surface area contributed by atoms with Crippen LogP contribution in [0.2, 0.25) is 0 Å². The lowest BCUT2D eigenvalue weighted by Gasteiger charge is -2.22. The third-order valence-electron chi connectivity index (χ3n) is 4.51. The van der Waals surface area contributed by atoms with Crippen molar-refractivity contribution in [2.24, 2.45) is 22.7 Å². The summed E-state index contributed by atoms with van der Waals surface area (Å²) in [6.45, 7) is 2.07. The number of aliphatic imine (C=N–C) groups is 1. The molecule has 0 radical (unpaired) electrons. The largest absolute Gasteiger partial charge is 0.356 e. The molecular weight excluding hydrogens is 369 g/mol. The fourth-order valence-corrected chi connectivity index (χ4v) is 3.90. The van der Waals surface area contributed by atoms with E-state index in [1.807, 2.05) is 18.8 Å². The van der Waals surface area contributed by atoms with Crippen molar-refractivity contribution in [2.75, 3.05) is 32.1 Å². The van der Waals surface area contributed by atoms with Crippen LogP contribution < -0.4 is 10.6 Å². The maximum atomic E-state index is 4.26. The Kier molecular flexibility index (Phi) is 8.53. The third kappa shape index (κ3) is 5.33. The molecule has 2 N–H and O–H groups in total. The number of guanidine groups is 1. The van der Waals surface area contributed by atoms with Crippen LogP contribution >= 0.6 is 35.7 Å². The van der Waals surface area contributed by atoms with Gasteiger partial charge in [-0.1, -0.05) is 6.42 Å². The molecular formula is C14H28IN3S. The van der Waals surface area contributed by atoms with E-state index in [0.717, 1.165) is 42.6 Å². The highest BCUT2D eigenvalue weighted by molar-refractivity contribution is 14.0. The third-order valence-corrected chi connectivity index (χ3v) is 5.13. The predicted octanol–water partition coefficient (Wildman–Crippen LogP) is 2.96. The molecule has 0 aliphatic heterocycles. The number of nitrogens with one attached hydrogen (secondary N) is 2. The minimum Gasteiger partial charge on any atom is -0.356 e. The molecule has 0 amide bonds. The molecule has 2 aliphatic carbocycles. The van der Waals surface area contributed by atoms with Crippen molar-refractivity contribution in [2.45, 2.75) is 32.1 Å². The highest BCUT2D eigenvalue weighted by atomic mass is 127. The van der Waals surface area contributed by atoms with Gasteiger partial charge in [0.25, 0.3) is 0 Å². The van der Waals surface area contributed by atoms with Gasteiger partial charge in [0, 0.05) is 25.9 Å². The standard InChI is InChI=1S/C14H27N3S.HI/c1-15-14(17-7-8-18-2)16-6-5-13-10-11-3-4-12(13)9-11;/h11-13H,3-10H2,1-2H3,(H2,15,16,17);1H. The molecule has 3 unspecified atom stereocenters. The van der Waals surface area contributed by atoms with E-state index in [-0.39, 0.29) is 24.0 Å². The lowest BCUT2D eigenvalue weighted by Crippen LogP contribution is -2.39. The van der Waals surface area contributed by atoms with Crippen LogP contribution in [0.15, 0.2) is 4.99 Å². The van der Waals surface area contributed by atoms with Crippen molar-refractivity contribution in [3.63, 3.8) is 0 Å². The first kappa shape index (κ1) is 17.4. The molecule has 3 nitrogen and oxygen atoms in total. The Morgan fingerprint density at radius 2 is 2.00 bits per heavy atom. The van der Waals surface area contributed by atoms with E-state index in [1.165, 1.54) is 32.1 Å². The minimum absolute atomic E-state index is 0. The number of hydrogen-bond donors (Lipinski definition) is 2. The Morgan fingerprint density at radius 3 is 2.58 bits per heavy atom. The number of thioether (sulfide) groups is 1. The molecule has 0 spiro atoms. The number of fused-ring (bicyclic) bond motifs is 2. The van der Waals surface area contributed by atoms with Crippen molar-refractivity contribution in [1.82, 2.24) is 10.6 Å². The van der Waals surface area contributed by atoms with Gasteiger partial charge in [-0.15, -0.1) is 24.0 Å². The summed E-state index contributed by atoms with van der Waals surface area (Å²) < 4.78 is 0. The van der Waals surface area contributed by atoms with Gasteiger partial charge in [-0.25, -0.2) is 0 Å². The maximum Gasteiger partial charge on any atom is 0.191 e. The van der Waals surface area contributed by atoms with E-state index < -0.39 is 0 Å². The van der Waals surface area contributed by atoms with Crippen LogP contribution in [0.3, 0.4) is 0 Å². The van der Waals surface area contributed by atoms with Gasteiger partial charge in [-0.2, -0.15) is 11.8 Å². The average molecular weight is 397 g/mol. The molecule has 2 rings (SSSR count). The van der Waals surface area contributed by atoms with Gasteiger partial charge in [0.2, 0.25) is 0 Å². The quantitative estimate of drug-likeness (QED) is 0.313. The Hall–Kier alpha value is 0.350. The molecule has 0 saturated heterocycles. The van der Waals surface area contributed by atoms with E-state index in [9.17, 15) is 0 Å². The molecule has 0 aromatic carbocycles. The fourth-order valence-electron chi connectivity index (χ4n) is 3.60. The second-order valence-corrected chi connectivity index (χ2v) is 6.63. The van der Waals surface area contributed by atoms with Crippen molar-refractivity contribution in [3.05, 3.63) is 0 Å². The van der Waals surface area contributed by atoms with Crippen molar-refractivity contribution in [3.8, 4) is 0 Å². The zero-order chi connectivity index (χ0) is 12.8. The van der Waals surface area contributed by atoms with E-state index in [4.69, 9.17) is 0 Å². The van der Waals surface area contributed by atoms with Crippen LogP contribution in [0.1, 0.15) is 32.1 Å². The molecule has 19 heavy (non-hydrogen) atoms. The minimum atomic E-state index is 0. The molecule has 0 heterocycles. The summed E-state index contributed by atoms with van der Waals surface area (Å²) in [6.07, 6.45) is 9.47. The van der Waals surface area contributed by atoms with Gasteiger partial charge in [-0.3, -0.25) is 4.99 Å². The van der Waals surface area contributed by atoms with Crippen LogP contribution in [0.25, 0.3) is 0 Å². The first-order chi connectivity index (χ1) is 8.83. The topological polar surface area (TPSA) is 36.4 Å². The molecule has 112 valence electrons. The SMILES string of the molecule is CN=C(NCCSC)NCCC1CC2CCC1C2.I. The van der Waals surface area contributed by atoms with Gasteiger partial charge in [-0.05, 0) is 49.7 Å². The lowest BCUT2D eigenvalue weighted by atomic mass is 9.86. The molecule has 2 bridgehead atoms. The first-order valence-corrected chi connectivity index (χ1v) is 8.66. The second-order valence-electron chi connectivity index (χ2n) is 5.64. The Bertz CT molecular complexity index is 286. The molecule has 2 aliphatic rings. The van der Waals surface area contributed by atoms with E-state index >= 15 is 0 Å². The van der Waals surface area contributed by atoms with Gasteiger partial charge in [0.15, 0.2) is 5.96 Å². The summed E-state index contributed by atoms with van der Waals surface area (Å²) in [5, 5.41) is 6.79. The highest BCUT2D eigenvalue weighted by Gasteiger charge is 2.38. The number of rotatable bonds is 6. The Morgan fingerprint density at radius 1 is 1.21 bits per heavy atom. The number of hydrogen-bond acceptors (Lipinski definition) is 2. The summed E-state index contributed by atoms with van der Waals surface area (Å²) >= 11 is 1.86. The summed E-state index contributed by atoms with van der Waals surface area (Å²) in [6, 6.07) is 0. The van der Waals surface area contributed by atoms with E-state index in [0.29, 0.717) is 0 Å². The summed E-state index contributed by atoms with van der Waals surface area (Å²) in [5.41, 5.74) is 0.